The maximum absolute atomic E-state index is 12.0. The minimum Gasteiger partial charge on any atom is -0.468 e. The molecule has 10 heteroatoms. The zero-order chi connectivity index (χ0) is 19.2. The highest BCUT2D eigenvalue weighted by molar-refractivity contribution is 5.97. The van der Waals surface area contributed by atoms with Crippen LogP contribution in [0.2, 0.25) is 0 Å². The third-order valence-corrected chi connectivity index (χ3v) is 5.47. The molecule has 0 spiro atoms. The zero-order valence-electron chi connectivity index (χ0n) is 14.4. The Morgan fingerprint density at radius 2 is 1.92 bits per heavy atom. The van der Waals surface area contributed by atoms with E-state index in [1.54, 1.807) is 0 Å². The second-order valence-electron chi connectivity index (χ2n) is 7.06. The van der Waals surface area contributed by atoms with Gasteiger partial charge in [0.1, 0.15) is 30.5 Å². The van der Waals surface area contributed by atoms with Crippen molar-refractivity contribution in [1.29, 1.82) is 0 Å². The van der Waals surface area contributed by atoms with Gasteiger partial charge in [-0.1, -0.05) is 6.92 Å². The van der Waals surface area contributed by atoms with Gasteiger partial charge in [0.15, 0.2) is 12.2 Å². The molecule has 3 rings (SSSR count). The standard InChI is InChI=1S/C16H24O10/c1-5-3-6-8(9(14(21)23-2)15(22)24-6)13(5)26-16-12(20)11(19)10(18)7(4-17)25-16/h5-13,16-20H,3-4H2,1-2H3/t5-,6-,7+,8+,9-,10+,11-,12+,13-,16-/m0/s1. The van der Waals surface area contributed by atoms with Gasteiger partial charge >= 0.3 is 11.9 Å². The molecule has 0 unspecified atom stereocenters. The molecule has 2 heterocycles. The van der Waals surface area contributed by atoms with Crippen LogP contribution < -0.4 is 0 Å². The van der Waals surface area contributed by atoms with Crippen LogP contribution in [0.15, 0.2) is 0 Å². The maximum Gasteiger partial charge on any atom is 0.321 e. The molecule has 1 saturated carbocycles. The van der Waals surface area contributed by atoms with Crippen LogP contribution in [-0.4, -0.2) is 89.0 Å². The summed E-state index contributed by atoms with van der Waals surface area (Å²) in [6, 6.07) is 0. The molecule has 26 heavy (non-hydrogen) atoms. The molecular weight excluding hydrogens is 352 g/mol. The van der Waals surface area contributed by atoms with Crippen LogP contribution in [0.25, 0.3) is 0 Å². The highest BCUT2D eigenvalue weighted by atomic mass is 16.7. The lowest BCUT2D eigenvalue weighted by atomic mass is 9.88. The van der Waals surface area contributed by atoms with Crippen LogP contribution in [0, 0.1) is 17.8 Å². The van der Waals surface area contributed by atoms with Crippen molar-refractivity contribution in [3.8, 4) is 0 Å². The number of hydrogen-bond acceptors (Lipinski definition) is 10. The number of carbonyl (C=O) groups is 2. The SMILES string of the molecule is COC(=O)[C@H]1C(=O)O[C@H]2C[C@H](C)[C@H](O[C@@H]3O[C@H](CO)[C@@H](O)[C@H](O)[C@H]3O)[C@@H]12. The van der Waals surface area contributed by atoms with Gasteiger partial charge in [-0.15, -0.1) is 0 Å². The van der Waals surface area contributed by atoms with Gasteiger partial charge in [-0.25, -0.2) is 0 Å². The summed E-state index contributed by atoms with van der Waals surface area (Å²) in [5.41, 5.74) is 0. The molecule has 1 aliphatic carbocycles. The molecule has 0 aromatic carbocycles. The number of esters is 2. The minimum absolute atomic E-state index is 0.127. The Labute approximate surface area is 149 Å². The molecule has 0 aromatic heterocycles. The number of methoxy groups -OCH3 is 1. The summed E-state index contributed by atoms with van der Waals surface area (Å²) in [5.74, 6) is -3.28. The van der Waals surface area contributed by atoms with Gasteiger partial charge in [0, 0.05) is 5.92 Å². The fraction of sp³-hybridized carbons (Fsp3) is 0.875. The van der Waals surface area contributed by atoms with Crippen molar-refractivity contribution >= 4 is 11.9 Å². The van der Waals surface area contributed by atoms with Crippen LogP contribution in [0.3, 0.4) is 0 Å². The molecular formula is C16H24O10. The van der Waals surface area contributed by atoms with Crippen molar-refractivity contribution in [1.82, 2.24) is 0 Å². The average molecular weight is 376 g/mol. The van der Waals surface area contributed by atoms with E-state index in [1.165, 1.54) is 7.11 Å². The van der Waals surface area contributed by atoms with E-state index in [2.05, 4.69) is 0 Å². The first-order valence-corrected chi connectivity index (χ1v) is 8.54. The Hall–Kier alpha value is -1.30. The van der Waals surface area contributed by atoms with E-state index in [0.717, 1.165) is 0 Å². The number of ether oxygens (including phenoxy) is 4. The topological polar surface area (TPSA) is 152 Å². The number of hydrogen-bond donors (Lipinski definition) is 4. The first-order chi connectivity index (χ1) is 12.3. The molecule has 0 radical (unpaired) electrons. The van der Waals surface area contributed by atoms with E-state index in [4.69, 9.17) is 18.9 Å². The Balaban J connectivity index is 1.79. The molecule has 3 fully saturated rings. The number of fused-ring (bicyclic) bond motifs is 1. The van der Waals surface area contributed by atoms with Gasteiger partial charge in [0.05, 0.1) is 19.8 Å². The zero-order valence-corrected chi connectivity index (χ0v) is 14.4. The quantitative estimate of drug-likeness (QED) is 0.307. The van der Waals surface area contributed by atoms with Crippen molar-refractivity contribution in [3.05, 3.63) is 0 Å². The first-order valence-electron chi connectivity index (χ1n) is 8.54. The highest BCUT2D eigenvalue weighted by Gasteiger charge is 2.60. The van der Waals surface area contributed by atoms with Gasteiger partial charge in [-0.3, -0.25) is 9.59 Å². The fourth-order valence-corrected chi connectivity index (χ4v) is 4.10. The summed E-state index contributed by atoms with van der Waals surface area (Å²) < 4.78 is 21.1. The number of aliphatic hydroxyl groups excluding tert-OH is 4. The molecule has 0 aromatic rings. The average Bonchev–Trinajstić information content (AvgIpc) is 3.08. The van der Waals surface area contributed by atoms with Gasteiger partial charge in [0.2, 0.25) is 0 Å². The van der Waals surface area contributed by atoms with E-state index in [0.29, 0.717) is 6.42 Å². The third kappa shape index (κ3) is 3.10. The predicted octanol–water partition coefficient (Wildman–Crippen LogP) is -2.46. The monoisotopic (exact) mass is 376 g/mol. The molecule has 148 valence electrons. The van der Waals surface area contributed by atoms with Crippen LogP contribution >= 0.6 is 0 Å². The predicted molar refractivity (Wildman–Crippen MR) is 81.3 cm³/mol. The van der Waals surface area contributed by atoms with Gasteiger partial charge in [-0.05, 0) is 12.3 Å². The lowest BCUT2D eigenvalue weighted by Gasteiger charge is -2.41. The third-order valence-electron chi connectivity index (χ3n) is 5.47. The molecule has 0 amide bonds. The Morgan fingerprint density at radius 1 is 1.23 bits per heavy atom. The fourth-order valence-electron chi connectivity index (χ4n) is 4.10. The number of carbonyl (C=O) groups excluding carboxylic acids is 2. The Bertz CT molecular complexity index is 543. The van der Waals surface area contributed by atoms with Gasteiger partial charge in [0.25, 0.3) is 0 Å². The van der Waals surface area contributed by atoms with Crippen molar-refractivity contribution in [2.45, 2.75) is 56.3 Å². The van der Waals surface area contributed by atoms with E-state index in [-0.39, 0.29) is 5.92 Å². The molecule has 0 bridgehead atoms. The van der Waals surface area contributed by atoms with Crippen molar-refractivity contribution in [2.75, 3.05) is 13.7 Å². The van der Waals surface area contributed by atoms with E-state index in [1.807, 2.05) is 6.92 Å². The Kier molecular flexibility index (Phi) is 5.52. The summed E-state index contributed by atoms with van der Waals surface area (Å²) in [6.07, 6.45) is -7.82. The molecule has 3 aliphatic rings. The van der Waals surface area contributed by atoms with Crippen LogP contribution in [0.1, 0.15) is 13.3 Å². The number of aliphatic hydroxyl groups is 4. The van der Waals surface area contributed by atoms with E-state index in [9.17, 15) is 30.0 Å². The molecule has 2 saturated heterocycles. The number of rotatable bonds is 4. The second-order valence-corrected chi connectivity index (χ2v) is 7.06. The van der Waals surface area contributed by atoms with Crippen molar-refractivity contribution < 1.29 is 49.0 Å². The minimum atomic E-state index is -1.57. The summed E-state index contributed by atoms with van der Waals surface area (Å²) in [7, 11) is 1.18. The second kappa shape index (κ2) is 7.37. The summed E-state index contributed by atoms with van der Waals surface area (Å²) in [6.45, 7) is 1.26. The summed E-state index contributed by atoms with van der Waals surface area (Å²) in [4.78, 5) is 24.0. The molecule has 4 N–H and O–H groups in total. The van der Waals surface area contributed by atoms with Crippen molar-refractivity contribution in [3.63, 3.8) is 0 Å². The van der Waals surface area contributed by atoms with Crippen LogP contribution in [-0.2, 0) is 28.5 Å². The lowest BCUT2D eigenvalue weighted by molar-refractivity contribution is -0.316. The van der Waals surface area contributed by atoms with E-state index < -0.39 is 73.3 Å². The van der Waals surface area contributed by atoms with Gasteiger partial charge in [-0.2, -0.15) is 0 Å². The molecule has 2 aliphatic heterocycles. The van der Waals surface area contributed by atoms with Gasteiger partial charge < -0.3 is 39.4 Å². The largest absolute Gasteiger partial charge is 0.468 e. The first kappa shape index (κ1) is 19.5. The lowest BCUT2D eigenvalue weighted by Crippen LogP contribution is -2.60. The molecule has 10 atom stereocenters. The maximum atomic E-state index is 12.0. The summed E-state index contributed by atoms with van der Waals surface area (Å²) >= 11 is 0. The molecule has 10 nitrogen and oxygen atoms in total. The highest BCUT2D eigenvalue weighted by Crippen LogP contribution is 2.46. The Morgan fingerprint density at radius 3 is 2.54 bits per heavy atom. The van der Waals surface area contributed by atoms with Crippen LogP contribution in [0.4, 0.5) is 0 Å². The normalized spacial score (nSPS) is 48.2. The van der Waals surface area contributed by atoms with Crippen molar-refractivity contribution in [2.24, 2.45) is 17.8 Å². The van der Waals surface area contributed by atoms with E-state index >= 15 is 0 Å². The van der Waals surface area contributed by atoms with Crippen LogP contribution in [0.5, 0.6) is 0 Å². The summed E-state index contributed by atoms with van der Waals surface area (Å²) in [5, 5.41) is 39.2. The smallest absolute Gasteiger partial charge is 0.321 e.